The van der Waals surface area contributed by atoms with Crippen molar-refractivity contribution >= 4 is 0 Å². The largest absolute Gasteiger partial charge is 0.382 e. The van der Waals surface area contributed by atoms with E-state index in [1.807, 2.05) is 0 Å². The van der Waals surface area contributed by atoms with Crippen molar-refractivity contribution in [3.63, 3.8) is 0 Å². The summed E-state index contributed by atoms with van der Waals surface area (Å²) in [6.45, 7) is 12.5. The van der Waals surface area contributed by atoms with E-state index in [9.17, 15) is 0 Å². The fourth-order valence-corrected chi connectivity index (χ4v) is 2.43. The van der Waals surface area contributed by atoms with Crippen LogP contribution in [0.3, 0.4) is 0 Å². The van der Waals surface area contributed by atoms with Crippen LogP contribution in [0.15, 0.2) is 0 Å². The Bertz CT molecular complexity index is 222. The third-order valence-electron chi connectivity index (χ3n) is 3.55. The second-order valence-electron chi connectivity index (χ2n) is 5.88. The van der Waals surface area contributed by atoms with E-state index in [1.165, 1.54) is 6.42 Å². The summed E-state index contributed by atoms with van der Waals surface area (Å²) >= 11 is 0. The maximum atomic E-state index is 5.52. The van der Waals surface area contributed by atoms with Crippen molar-refractivity contribution in [3.05, 3.63) is 0 Å². The highest BCUT2D eigenvalue weighted by Gasteiger charge is 2.27. The van der Waals surface area contributed by atoms with E-state index < -0.39 is 0 Å². The average molecular weight is 258 g/mol. The molecule has 0 saturated carbocycles. The van der Waals surface area contributed by atoms with Gasteiger partial charge < -0.3 is 14.8 Å². The SMILES string of the molecule is COCCOCCCN1CC(C)(C)NCCC1C. The number of hydrogen-bond donors (Lipinski definition) is 1. The molecular formula is C14H30N2O2. The molecule has 1 aliphatic heterocycles. The van der Waals surface area contributed by atoms with E-state index in [0.717, 1.165) is 32.7 Å². The zero-order valence-corrected chi connectivity index (χ0v) is 12.5. The zero-order valence-electron chi connectivity index (χ0n) is 12.5. The Balaban J connectivity index is 2.21. The van der Waals surface area contributed by atoms with Gasteiger partial charge in [0, 0.05) is 38.4 Å². The molecule has 1 aliphatic rings. The number of rotatable bonds is 7. The minimum Gasteiger partial charge on any atom is -0.382 e. The average Bonchev–Trinajstić information content (AvgIpc) is 2.43. The molecule has 1 unspecified atom stereocenters. The first-order valence-electron chi connectivity index (χ1n) is 7.11. The maximum Gasteiger partial charge on any atom is 0.0700 e. The van der Waals surface area contributed by atoms with E-state index >= 15 is 0 Å². The van der Waals surface area contributed by atoms with Gasteiger partial charge in [0.25, 0.3) is 0 Å². The van der Waals surface area contributed by atoms with Crippen LogP contribution in [0, 0.1) is 0 Å². The molecule has 0 radical (unpaired) electrons. The molecule has 1 saturated heterocycles. The summed E-state index contributed by atoms with van der Waals surface area (Å²) in [6.07, 6.45) is 2.33. The van der Waals surface area contributed by atoms with Crippen molar-refractivity contribution in [1.82, 2.24) is 10.2 Å². The summed E-state index contributed by atoms with van der Waals surface area (Å²) in [5, 5.41) is 3.61. The first-order valence-corrected chi connectivity index (χ1v) is 7.11. The summed E-state index contributed by atoms with van der Waals surface area (Å²) in [5.41, 5.74) is 0.224. The van der Waals surface area contributed by atoms with Crippen LogP contribution >= 0.6 is 0 Å². The number of hydrogen-bond acceptors (Lipinski definition) is 4. The summed E-state index contributed by atoms with van der Waals surface area (Å²) in [6, 6.07) is 0.665. The molecule has 0 amide bonds. The van der Waals surface area contributed by atoms with Crippen molar-refractivity contribution < 1.29 is 9.47 Å². The molecule has 0 spiro atoms. The van der Waals surface area contributed by atoms with Gasteiger partial charge in [0.05, 0.1) is 13.2 Å². The molecule has 0 aromatic heterocycles. The third-order valence-corrected chi connectivity index (χ3v) is 3.55. The second kappa shape index (κ2) is 8.10. The van der Waals surface area contributed by atoms with Crippen LogP contribution < -0.4 is 5.32 Å². The smallest absolute Gasteiger partial charge is 0.0700 e. The zero-order chi connectivity index (χ0) is 13.4. The summed E-state index contributed by atoms with van der Waals surface area (Å²) in [7, 11) is 1.71. The Hall–Kier alpha value is -0.160. The Morgan fingerprint density at radius 3 is 2.78 bits per heavy atom. The highest BCUT2D eigenvalue weighted by Crippen LogP contribution is 2.15. The lowest BCUT2D eigenvalue weighted by molar-refractivity contribution is 0.0620. The van der Waals surface area contributed by atoms with Gasteiger partial charge in [-0.25, -0.2) is 0 Å². The van der Waals surface area contributed by atoms with Gasteiger partial charge in [-0.1, -0.05) is 0 Å². The first kappa shape index (κ1) is 15.9. The molecular weight excluding hydrogens is 228 g/mol. The molecule has 1 fully saturated rings. The van der Waals surface area contributed by atoms with Crippen LogP contribution in [0.1, 0.15) is 33.6 Å². The van der Waals surface area contributed by atoms with E-state index in [-0.39, 0.29) is 5.54 Å². The minimum atomic E-state index is 0.224. The first-order chi connectivity index (χ1) is 8.55. The third kappa shape index (κ3) is 6.14. The molecule has 0 bridgehead atoms. The lowest BCUT2D eigenvalue weighted by Crippen LogP contribution is -2.47. The molecule has 1 rings (SSSR count). The van der Waals surface area contributed by atoms with Gasteiger partial charge in [-0.2, -0.15) is 0 Å². The highest BCUT2D eigenvalue weighted by atomic mass is 16.5. The molecule has 108 valence electrons. The summed E-state index contributed by atoms with van der Waals surface area (Å²) in [4.78, 5) is 2.58. The Labute approximate surface area is 112 Å². The number of nitrogens with one attached hydrogen (secondary N) is 1. The van der Waals surface area contributed by atoms with Gasteiger partial charge in [-0.3, -0.25) is 4.90 Å². The standard InChI is InChI=1S/C14H30N2O2/c1-13-6-7-15-14(2,3)12-16(13)8-5-9-18-11-10-17-4/h13,15H,5-12H2,1-4H3. The fraction of sp³-hybridized carbons (Fsp3) is 1.00. The molecule has 4 nitrogen and oxygen atoms in total. The molecule has 1 heterocycles. The molecule has 0 aromatic rings. The molecule has 0 aliphatic carbocycles. The lowest BCUT2D eigenvalue weighted by Gasteiger charge is -2.32. The highest BCUT2D eigenvalue weighted by molar-refractivity contribution is 4.87. The van der Waals surface area contributed by atoms with Crippen molar-refractivity contribution in [3.8, 4) is 0 Å². The van der Waals surface area contributed by atoms with Crippen LogP contribution in [0.4, 0.5) is 0 Å². The molecule has 4 heteroatoms. The van der Waals surface area contributed by atoms with Crippen molar-refractivity contribution in [1.29, 1.82) is 0 Å². The molecule has 1 atom stereocenters. The Morgan fingerprint density at radius 1 is 1.28 bits per heavy atom. The Kier molecular flexibility index (Phi) is 7.15. The van der Waals surface area contributed by atoms with Crippen molar-refractivity contribution in [2.24, 2.45) is 0 Å². The predicted octanol–water partition coefficient (Wildman–Crippen LogP) is 1.50. The molecule has 18 heavy (non-hydrogen) atoms. The van der Waals surface area contributed by atoms with E-state index in [0.29, 0.717) is 19.3 Å². The monoisotopic (exact) mass is 258 g/mol. The second-order valence-corrected chi connectivity index (χ2v) is 5.88. The van der Waals surface area contributed by atoms with Gasteiger partial charge in [-0.05, 0) is 40.2 Å². The molecule has 0 aromatic carbocycles. The molecule has 1 N–H and O–H groups in total. The van der Waals surface area contributed by atoms with Crippen LogP contribution in [0.5, 0.6) is 0 Å². The van der Waals surface area contributed by atoms with E-state index in [4.69, 9.17) is 9.47 Å². The van der Waals surface area contributed by atoms with E-state index in [2.05, 4.69) is 31.0 Å². The number of nitrogens with zero attached hydrogens (tertiary/aromatic N) is 1. The lowest BCUT2D eigenvalue weighted by atomic mass is 10.1. The van der Waals surface area contributed by atoms with E-state index in [1.54, 1.807) is 7.11 Å². The normalized spacial score (nSPS) is 25.0. The van der Waals surface area contributed by atoms with Crippen molar-refractivity contribution in [2.45, 2.75) is 45.2 Å². The van der Waals surface area contributed by atoms with Gasteiger partial charge >= 0.3 is 0 Å². The maximum absolute atomic E-state index is 5.52. The Morgan fingerprint density at radius 2 is 2.06 bits per heavy atom. The number of methoxy groups -OCH3 is 1. The van der Waals surface area contributed by atoms with Gasteiger partial charge in [0.1, 0.15) is 0 Å². The quantitative estimate of drug-likeness (QED) is 0.702. The summed E-state index contributed by atoms with van der Waals surface area (Å²) in [5.74, 6) is 0. The van der Waals surface area contributed by atoms with Gasteiger partial charge in [0.2, 0.25) is 0 Å². The topological polar surface area (TPSA) is 33.7 Å². The van der Waals surface area contributed by atoms with Crippen molar-refractivity contribution in [2.75, 3.05) is 46.6 Å². The summed E-state index contributed by atoms with van der Waals surface area (Å²) < 4.78 is 10.5. The minimum absolute atomic E-state index is 0.224. The van der Waals surface area contributed by atoms with Crippen LogP contribution in [-0.2, 0) is 9.47 Å². The predicted molar refractivity (Wildman–Crippen MR) is 75.0 cm³/mol. The fourth-order valence-electron chi connectivity index (χ4n) is 2.43. The van der Waals surface area contributed by atoms with Crippen LogP contribution in [-0.4, -0.2) is 63.0 Å². The van der Waals surface area contributed by atoms with Gasteiger partial charge in [0.15, 0.2) is 0 Å². The van der Waals surface area contributed by atoms with Crippen LogP contribution in [0.2, 0.25) is 0 Å². The number of ether oxygens (including phenoxy) is 2. The van der Waals surface area contributed by atoms with Crippen LogP contribution in [0.25, 0.3) is 0 Å². The van der Waals surface area contributed by atoms with Gasteiger partial charge in [-0.15, -0.1) is 0 Å².